The monoisotopic (exact) mass is 351 g/mol. The second kappa shape index (κ2) is 5.68. The minimum Gasteiger partial charge on any atom is -0.317 e. The van der Waals surface area contributed by atoms with Crippen LogP contribution in [0.3, 0.4) is 0 Å². The largest absolute Gasteiger partial charge is 0.317 e. The highest BCUT2D eigenvalue weighted by Crippen LogP contribution is 2.32. The molecule has 0 unspecified atom stereocenters. The predicted molar refractivity (Wildman–Crippen MR) is 102 cm³/mol. The lowest BCUT2D eigenvalue weighted by molar-refractivity contribution is 0.454. The molecule has 0 aliphatic carbocycles. The third-order valence-electron chi connectivity index (χ3n) is 5.07. The lowest BCUT2D eigenvalue weighted by Crippen LogP contribution is -2.26. The number of pyridine rings is 1. The summed E-state index contributed by atoms with van der Waals surface area (Å²) in [7, 11) is 0. The van der Waals surface area contributed by atoms with E-state index in [0.717, 1.165) is 29.4 Å². The Kier molecular flexibility index (Phi) is 3.43. The Balaban J connectivity index is 1.53. The minimum absolute atomic E-state index is 0.601. The second-order valence-corrected chi connectivity index (χ2v) is 8.01. The highest BCUT2D eigenvalue weighted by molar-refractivity contribution is 7.20. The number of hydrogen-bond acceptors (Lipinski definition) is 4. The molecule has 1 N–H and O–H groups in total. The van der Waals surface area contributed by atoms with Crippen molar-refractivity contribution in [2.45, 2.75) is 32.6 Å². The zero-order valence-electron chi connectivity index (χ0n) is 14.5. The van der Waals surface area contributed by atoms with E-state index in [0.29, 0.717) is 5.92 Å². The van der Waals surface area contributed by atoms with Crippen LogP contribution < -0.4 is 5.32 Å². The van der Waals surface area contributed by atoms with E-state index in [4.69, 9.17) is 4.98 Å². The molecule has 4 aromatic rings. The van der Waals surface area contributed by atoms with Gasteiger partial charge in [0.15, 0.2) is 4.96 Å². The maximum atomic E-state index is 4.91. The first-order chi connectivity index (χ1) is 12.2. The van der Waals surface area contributed by atoms with Crippen molar-refractivity contribution in [1.29, 1.82) is 0 Å². The molecule has 0 aromatic carbocycles. The average molecular weight is 351 g/mol. The van der Waals surface area contributed by atoms with Crippen molar-refractivity contribution in [1.82, 2.24) is 24.1 Å². The third kappa shape index (κ3) is 2.56. The second-order valence-electron chi connectivity index (χ2n) is 7.00. The van der Waals surface area contributed by atoms with Gasteiger partial charge in [0.2, 0.25) is 0 Å². The molecule has 6 heteroatoms. The zero-order valence-corrected chi connectivity index (χ0v) is 15.3. The van der Waals surface area contributed by atoms with Crippen LogP contribution in [0.15, 0.2) is 30.9 Å². The summed E-state index contributed by atoms with van der Waals surface area (Å²) in [5, 5.41) is 3.42. The normalized spacial score (nSPS) is 16.2. The van der Waals surface area contributed by atoms with Gasteiger partial charge >= 0.3 is 0 Å². The zero-order chi connectivity index (χ0) is 17.0. The number of nitrogens with one attached hydrogen (secondary N) is 1. The molecular weight excluding hydrogens is 330 g/mol. The lowest BCUT2D eigenvalue weighted by Gasteiger charge is -2.20. The molecule has 1 fully saturated rings. The molecular formula is C19H21N5S. The van der Waals surface area contributed by atoms with Crippen LogP contribution >= 0.6 is 11.3 Å². The van der Waals surface area contributed by atoms with E-state index in [1.165, 1.54) is 34.5 Å². The summed E-state index contributed by atoms with van der Waals surface area (Å²) >= 11 is 1.76. The first kappa shape index (κ1) is 15.1. The van der Waals surface area contributed by atoms with Crippen molar-refractivity contribution in [3.63, 3.8) is 0 Å². The van der Waals surface area contributed by atoms with Gasteiger partial charge in [-0.05, 0) is 51.4 Å². The quantitative estimate of drug-likeness (QED) is 0.598. The summed E-state index contributed by atoms with van der Waals surface area (Å²) in [5.41, 5.74) is 5.76. The van der Waals surface area contributed by atoms with Crippen molar-refractivity contribution >= 4 is 21.9 Å². The number of imidazole rings is 2. The maximum Gasteiger partial charge on any atom is 0.194 e. The molecule has 4 aromatic heterocycles. The van der Waals surface area contributed by atoms with Crippen LogP contribution in [0.25, 0.3) is 21.0 Å². The van der Waals surface area contributed by atoms with E-state index in [9.17, 15) is 0 Å². The van der Waals surface area contributed by atoms with Gasteiger partial charge in [0.1, 0.15) is 5.65 Å². The molecule has 5 rings (SSSR count). The molecule has 0 saturated carbocycles. The first-order valence-electron chi connectivity index (χ1n) is 8.83. The lowest BCUT2D eigenvalue weighted by atomic mass is 9.95. The van der Waals surface area contributed by atoms with Crippen molar-refractivity contribution in [3.8, 4) is 10.4 Å². The fraction of sp³-hybridized carbons (Fsp3) is 0.368. The molecule has 5 nitrogen and oxygen atoms in total. The highest BCUT2D eigenvalue weighted by Gasteiger charge is 2.19. The van der Waals surface area contributed by atoms with Crippen molar-refractivity contribution in [3.05, 3.63) is 47.8 Å². The smallest absolute Gasteiger partial charge is 0.194 e. The number of nitrogens with zero attached hydrogens (tertiary/aromatic N) is 4. The third-order valence-corrected chi connectivity index (χ3v) is 6.12. The van der Waals surface area contributed by atoms with Crippen molar-refractivity contribution < 1.29 is 0 Å². The fourth-order valence-electron chi connectivity index (χ4n) is 3.79. The van der Waals surface area contributed by atoms with Crippen LogP contribution in [-0.4, -0.2) is 31.9 Å². The van der Waals surface area contributed by atoms with Crippen molar-refractivity contribution in [2.75, 3.05) is 13.1 Å². The molecule has 1 aliphatic rings. The van der Waals surface area contributed by atoms with Crippen LogP contribution in [0.5, 0.6) is 0 Å². The standard InChI is InChI=1S/C19H21N5S/c1-12-7-15(9-23-8-13(2)21-18(12)23)17-11-24-10-16(22-19(24)25-17)14-3-5-20-6-4-14/h7-11,14,20H,3-6H2,1-2H3. The van der Waals surface area contributed by atoms with Gasteiger partial charge in [-0.15, -0.1) is 0 Å². The number of piperidine rings is 1. The van der Waals surface area contributed by atoms with Gasteiger partial charge in [0.25, 0.3) is 0 Å². The molecule has 0 radical (unpaired) electrons. The van der Waals surface area contributed by atoms with Gasteiger partial charge in [0, 0.05) is 36.3 Å². The summed E-state index contributed by atoms with van der Waals surface area (Å²) in [6.45, 7) is 6.36. The number of aromatic nitrogens is 4. The molecule has 0 atom stereocenters. The Morgan fingerprint density at radius 1 is 1.04 bits per heavy atom. The molecule has 25 heavy (non-hydrogen) atoms. The average Bonchev–Trinajstić information content (AvgIpc) is 3.27. The summed E-state index contributed by atoms with van der Waals surface area (Å²) in [6.07, 6.45) is 11.1. The van der Waals surface area contributed by atoms with Crippen LogP contribution in [0.4, 0.5) is 0 Å². The van der Waals surface area contributed by atoms with Gasteiger partial charge in [-0.2, -0.15) is 0 Å². The van der Waals surface area contributed by atoms with E-state index in [1.807, 2.05) is 6.92 Å². The number of hydrogen-bond donors (Lipinski definition) is 1. The molecule has 1 saturated heterocycles. The van der Waals surface area contributed by atoms with E-state index in [2.05, 4.69) is 56.9 Å². The molecule has 5 heterocycles. The number of thiazole rings is 1. The fourth-order valence-corrected chi connectivity index (χ4v) is 4.74. The number of aryl methyl sites for hydroxylation is 2. The Hall–Kier alpha value is -2.18. The Morgan fingerprint density at radius 2 is 1.88 bits per heavy atom. The van der Waals surface area contributed by atoms with Gasteiger partial charge in [-0.1, -0.05) is 11.3 Å². The molecule has 128 valence electrons. The van der Waals surface area contributed by atoms with E-state index in [-0.39, 0.29) is 0 Å². The van der Waals surface area contributed by atoms with Crippen molar-refractivity contribution in [2.24, 2.45) is 0 Å². The minimum atomic E-state index is 0.601. The number of fused-ring (bicyclic) bond motifs is 2. The van der Waals surface area contributed by atoms with E-state index < -0.39 is 0 Å². The SMILES string of the molecule is Cc1cn2cc(-c3cn4cc(C5CCNCC5)nc4s3)cc(C)c2n1. The predicted octanol–water partition coefficient (Wildman–Crippen LogP) is 3.79. The highest BCUT2D eigenvalue weighted by atomic mass is 32.1. The summed E-state index contributed by atoms with van der Waals surface area (Å²) in [5.74, 6) is 0.601. The molecule has 1 aliphatic heterocycles. The van der Waals surface area contributed by atoms with Gasteiger partial charge in [0.05, 0.1) is 16.3 Å². The topological polar surface area (TPSA) is 46.6 Å². The first-order valence-corrected chi connectivity index (χ1v) is 9.64. The number of rotatable bonds is 2. The van der Waals surface area contributed by atoms with Gasteiger partial charge in [-0.3, -0.25) is 4.40 Å². The van der Waals surface area contributed by atoms with E-state index >= 15 is 0 Å². The summed E-state index contributed by atoms with van der Waals surface area (Å²) in [6, 6.07) is 2.22. The Bertz CT molecular complexity index is 1030. The maximum absolute atomic E-state index is 4.91. The Morgan fingerprint density at radius 3 is 2.68 bits per heavy atom. The van der Waals surface area contributed by atoms with Crippen LogP contribution in [0.1, 0.15) is 35.7 Å². The van der Waals surface area contributed by atoms with Gasteiger partial charge in [-0.25, -0.2) is 9.97 Å². The molecule has 0 spiro atoms. The Labute approximate surface area is 150 Å². The van der Waals surface area contributed by atoms with Gasteiger partial charge < -0.3 is 9.72 Å². The summed E-state index contributed by atoms with van der Waals surface area (Å²) in [4.78, 5) is 11.8. The van der Waals surface area contributed by atoms with E-state index in [1.54, 1.807) is 11.3 Å². The summed E-state index contributed by atoms with van der Waals surface area (Å²) < 4.78 is 4.32. The van der Waals surface area contributed by atoms with Crippen LogP contribution in [0.2, 0.25) is 0 Å². The molecule has 0 bridgehead atoms. The van der Waals surface area contributed by atoms with Crippen LogP contribution in [-0.2, 0) is 0 Å². The van der Waals surface area contributed by atoms with Crippen LogP contribution in [0, 0.1) is 13.8 Å². The molecule has 0 amide bonds.